The van der Waals surface area contributed by atoms with E-state index in [2.05, 4.69) is 35.2 Å². The zero-order valence-electron chi connectivity index (χ0n) is 14.6. The Morgan fingerprint density at radius 2 is 2.12 bits per heavy atom. The fraction of sp³-hybridized carbons (Fsp3) is 0.381. The lowest BCUT2D eigenvalue weighted by Crippen LogP contribution is -2.39. The second kappa shape index (κ2) is 7.28. The highest BCUT2D eigenvalue weighted by atomic mass is 35.5. The fourth-order valence-electron chi connectivity index (χ4n) is 4.19. The van der Waals surface area contributed by atoms with Gasteiger partial charge in [0.15, 0.2) is 0 Å². The molecule has 0 bridgehead atoms. The van der Waals surface area contributed by atoms with Crippen molar-refractivity contribution in [2.24, 2.45) is 11.7 Å². The Morgan fingerprint density at radius 1 is 1.27 bits per heavy atom. The molecule has 1 heterocycles. The van der Waals surface area contributed by atoms with Gasteiger partial charge in [-0.05, 0) is 61.2 Å². The Bertz CT molecular complexity index is 847. The molecule has 2 N–H and O–H groups in total. The Labute approximate surface area is 159 Å². The van der Waals surface area contributed by atoms with E-state index in [1.807, 2.05) is 0 Å². The number of hydrogen-bond donors (Lipinski definition) is 1. The predicted octanol–water partition coefficient (Wildman–Crippen LogP) is 3.54. The summed E-state index contributed by atoms with van der Waals surface area (Å²) in [6.07, 6.45) is 2.02. The molecule has 2 aromatic rings. The van der Waals surface area contributed by atoms with Crippen molar-refractivity contribution in [2.45, 2.75) is 25.0 Å². The number of likely N-dealkylation sites (tertiary alicyclic amines) is 1. The van der Waals surface area contributed by atoms with Crippen molar-refractivity contribution >= 4 is 11.6 Å². The molecule has 2 aromatic carbocycles. The van der Waals surface area contributed by atoms with Crippen molar-refractivity contribution in [1.29, 1.82) is 5.26 Å². The van der Waals surface area contributed by atoms with E-state index in [4.69, 9.17) is 22.1 Å². The van der Waals surface area contributed by atoms with Crippen LogP contribution in [-0.2, 0) is 6.42 Å². The van der Waals surface area contributed by atoms with Crippen LogP contribution in [0.5, 0.6) is 5.75 Å². The minimum Gasteiger partial charge on any atom is -0.483 e. The molecule has 1 fully saturated rings. The van der Waals surface area contributed by atoms with Crippen LogP contribution in [-0.4, -0.2) is 30.6 Å². The molecule has 1 saturated heterocycles. The molecule has 4 nitrogen and oxygen atoms in total. The third-order valence-corrected chi connectivity index (χ3v) is 5.81. The summed E-state index contributed by atoms with van der Waals surface area (Å²) in [5, 5.41) is 9.99. The first kappa shape index (κ1) is 17.4. The van der Waals surface area contributed by atoms with E-state index < -0.39 is 0 Å². The number of halogens is 1. The van der Waals surface area contributed by atoms with Crippen LogP contribution in [0.4, 0.5) is 0 Å². The minimum atomic E-state index is -0.0870. The molecule has 5 heteroatoms. The van der Waals surface area contributed by atoms with Crippen LogP contribution in [0, 0.1) is 17.2 Å². The predicted molar refractivity (Wildman–Crippen MR) is 102 cm³/mol. The van der Waals surface area contributed by atoms with E-state index in [0.29, 0.717) is 22.3 Å². The molecule has 0 radical (unpaired) electrons. The van der Waals surface area contributed by atoms with Gasteiger partial charge in [-0.1, -0.05) is 35.9 Å². The minimum absolute atomic E-state index is 0.0870. The summed E-state index contributed by atoms with van der Waals surface area (Å²) in [7, 11) is 0. The van der Waals surface area contributed by atoms with Gasteiger partial charge in [-0.2, -0.15) is 5.26 Å². The number of rotatable bonds is 4. The molecule has 134 valence electrons. The van der Waals surface area contributed by atoms with Gasteiger partial charge in [-0.15, -0.1) is 0 Å². The summed E-state index contributed by atoms with van der Waals surface area (Å²) in [5.41, 5.74) is 8.90. The number of nitrogens with zero attached hydrogens (tertiary/aromatic N) is 2. The third-order valence-electron chi connectivity index (χ3n) is 5.58. The highest BCUT2D eigenvalue weighted by Crippen LogP contribution is 2.40. The fourth-order valence-corrected chi connectivity index (χ4v) is 4.36. The lowest BCUT2D eigenvalue weighted by molar-refractivity contribution is 0.0915. The van der Waals surface area contributed by atoms with Crippen molar-refractivity contribution in [1.82, 2.24) is 4.90 Å². The van der Waals surface area contributed by atoms with E-state index in [9.17, 15) is 5.26 Å². The molecule has 1 aliphatic carbocycles. The van der Waals surface area contributed by atoms with Crippen LogP contribution in [0.2, 0.25) is 5.02 Å². The van der Waals surface area contributed by atoms with E-state index in [0.717, 1.165) is 32.5 Å². The van der Waals surface area contributed by atoms with E-state index in [1.54, 1.807) is 18.2 Å². The molecule has 0 spiro atoms. The summed E-state index contributed by atoms with van der Waals surface area (Å²) in [5.74, 6) is 1.16. The molecular formula is C21H22ClN3O. The largest absolute Gasteiger partial charge is 0.483 e. The lowest BCUT2D eigenvalue weighted by atomic mass is 10.1. The van der Waals surface area contributed by atoms with Crippen LogP contribution in [0.3, 0.4) is 0 Å². The van der Waals surface area contributed by atoms with Crippen molar-refractivity contribution < 1.29 is 4.74 Å². The molecule has 26 heavy (non-hydrogen) atoms. The van der Waals surface area contributed by atoms with Crippen LogP contribution in [0.25, 0.3) is 0 Å². The van der Waals surface area contributed by atoms with Crippen LogP contribution < -0.4 is 10.5 Å². The maximum atomic E-state index is 9.44. The van der Waals surface area contributed by atoms with E-state index >= 15 is 0 Å². The quantitative estimate of drug-likeness (QED) is 0.897. The van der Waals surface area contributed by atoms with Gasteiger partial charge in [0.05, 0.1) is 11.6 Å². The third kappa shape index (κ3) is 3.19. The topological polar surface area (TPSA) is 62.3 Å². The second-order valence-corrected chi connectivity index (χ2v) is 7.58. The van der Waals surface area contributed by atoms with Gasteiger partial charge >= 0.3 is 0 Å². The smallest absolute Gasteiger partial charge is 0.140 e. The summed E-state index contributed by atoms with van der Waals surface area (Å²) >= 11 is 6.03. The van der Waals surface area contributed by atoms with Crippen molar-refractivity contribution in [3.63, 3.8) is 0 Å². The van der Waals surface area contributed by atoms with Crippen LogP contribution in [0.15, 0.2) is 42.5 Å². The van der Waals surface area contributed by atoms with E-state index in [-0.39, 0.29) is 12.1 Å². The summed E-state index contributed by atoms with van der Waals surface area (Å²) < 4.78 is 6.42. The zero-order valence-corrected chi connectivity index (χ0v) is 15.3. The molecule has 0 unspecified atom stereocenters. The Balaban J connectivity index is 1.65. The summed E-state index contributed by atoms with van der Waals surface area (Å²) in [6.45, 7) is 2.80. The molecule has 3 atom stereocenters. The lowest BCUT2D eigenvalue weighted by Gasteiger charge is -2.30. The molecule has 2 aliphatic rings. The number of nitrogens with two attached hydrogens (primary N) is 1. The summed E-state index contributed by atoms with van der Waals surface area (Å²) in [4.78, 5) is 2.50. The van der Waals surface area contributed by atoms with Gasteiger partial charge in [-0.3, -0.25) is 4.90 Å². The van der Waals surface area contributed by atoms with Gasteiger partial charge in [0.2, 0.25) is 0 Å². The first-order chi connectivity index (χ1) is 12.7. The second-order valence-electron chi connectivity index (χ2n) is 7.15. The standard InChI is InChI=1S/C21H22ClN3O/c22-17-5-6-20(16(9-17)12-24)26-21-18-4-2-1-3-15(18)10-19(21)25-8-7-14(11-23)13-25/h1-6,9,14,19,21H,7-8,10-11,13,23H2/t14-,19+,21+/m0/s1. The maximum absolute atomic E-state index is 9.44. The van der Waals surface area contributed by atoms with Gasteiger partial charge in [0, 0.05) is 11.6 Å². The number of fused-ring (bicyclic) bond motifs is 1. The zero-order chi connectivity index (χ0) is 18.1. The number of hydrogen-bond acceptors (Lipinski definition) is 4. The van der Waals surface area contributed by atoms with Crippen molar-refractivity contribution in [2.75, 3.05) is 19.6 Å². The highest BCUT2D eigenvalue weighted by molar-refractivity contribution is 6.30. The number of nitriles is 1. The molecule has 0 amide bonds. The molecule has 0 saturated carbocycles. The van der Waals surface area contributed by atoms with Gasteiger partial charge < -0.3 is 10.5 Å². The monoisotopic (exact) mass is 367 g/mol. The number of benzene rings is 2. The highest BCUT2D eigenvalue weighted by Gasteiger charge is 2.40. The molecule has 0 aromatic heterocycles. The normalized spacial score (nSPS) is 25.0. The Kier molecular flexibility index (Phi) is 4.86. The van der Waals surface area contributed by atoms with Crippen LogP contribution >= 0.6 is 11.6 Å². The maximum Gasteiger partial charge on any atom is 0.140 e. The van der Waals surface area contributed by atoms with Crippen LogP contribution in [0.1, 0.15) is 29.2 Å². The number of ether oxygens (including phenoxy) is 1. The average Bonchev–Trinajstić information content (AvgIpc) is 3.28. The SMILES string of the molecule is N#Cc1cc(Cl)ccc1O[C@@H]1c2ccccc2C[C@H]1N1CC[C@@H](CN)C1. The first-order valence-electron chi connectivity index (χ1n) is 9.08. The summed E-state index contributed by atoms with van der Waals surface area (Å²) in [6, 6.07) is 16.1. The molecule has 4 rings (SSSR count). The van der Waals surface area contributed by atoms with Gasteiger partial charge in [-0.25, -0.2) is 0 Å². The average molecular weight is 368 g/mol. The van der Waals surface area contributed by atoms with E-state index in [1.165, 1.54) is 11.1 Å². The van der Waals surface area contributed by atoms with Gasteiger partial charge in [0.1, 0.15) is 17.9 Å². The molecular weight excluding hydrogens is 346 g/mol. The van der Waals surface area contributed by atoms with Gasteiger partial charge in [0.25, 0.3) is 0 Å². The molecule has 1 aliphatic heterocycles. The Hall–Kier alpha value is -2.06. The Morgan fingerprint density at radius 3 is 2.88 bits per heavy atom. The van der Waals surface area contributed by atoms with Crippen molar-refractivity contribution in [3.8, 4) is 11.8 Å². The van der Waals surface area contributed by atoms with Crippen molar-refractivity contribution in [3.05, 3.63) is 64.2 Å². The first-order valence-corrected chi connectivity index (χ1v) is 9.45.